The second kappa shape index (κ2) is 13.3. The van der Waals surface area contributed by atoms with Gasteiger partial charge in [-0.1, -0.05) is 17.8 Å². The van der Waals surface area contributed by atoms with E-state index in [0.29, 0.717) is 29.1 Å². The van der Waals surface area contributed by atoms with Gasteiger partial charge in [-0.2, -0.15) is 8.78 Å². The largest absolute Gasteiger partial charge is 0.504 e. The van der Waals surface area contributed by atoms with Crippen LogP contribution in [0.1, 0.15) is 36.7 Å². The molecule has 3 aromatic rings. The zero-order valence-corrected chi connectivity index (χ0v) is 23.7. The number of Topliss-reactive ketones (excluding diaryl/α,β-unsaturated/α-hetero) is 1. The number of phenolic OH excluding ortho intramolecular Hbond substituents is 1. The highest BCUT2D eigenvalue weighted by Gasteiger charge is 2.34. The lowest BCUT2D eigenvalue weighted by atomic mass is 10.1. The summed E-state index contributed by atoms with van der Waals surface area (Å²) < 4.78 is 35.1. The van der Waals surface area contributed by atoms with Crippen molar-refractivity contribution in [2.75, 3.05) is 16.8 Å². The van der Waals surface area contributed by atoms with Gasteiger partial charge in [-0.3, -0.25) is 19.3 Å². The number of phenols is 1. The van der Waals surface area contributed by atoms with Crippen molar-refractivity contribution in [2.24, 2.45) is 4.99 Å². The molecule has 12 heteroatoms. The zero-order chi connectivity index (χ0) is 30.4. The van der Waals surface area contributed by atoms with Gasteiger partial charge in [0.05, 0.1) is 17.5 Å². The third-order valence-corrected chi connectivity index (χ3v) is 7.00. The number of ketones is 1. The van der Waals surface area contributed by atoms with Crippen LogP contribution < -0.4 is 19.7 Å². The molecule has 0 saturated carbocycles. The number of carbonyl (C=O) groups excluding carboxylic acids is 3. The first kappa shape index (κ1) is 30.3. The summed E-state index contributed by atoms with van der Waals surface area (Å²) in [4.78, 5) is 43.9. The molecule has 3 aromatic carbocycles. The number of nitrogens with one attached hydrogen (secondary N) is 1. The maximum Gasteiger partial charge on any atom is 0.387 e. The first-order chi connectivity index (χ1) is 20.0. The Morgan fingerprint density at radius 3 is 2.40 bits per heavy atom. The predicted octanol–water partition coefficient (Wildman–Crippen LogP) is 6.10. The Morgan fingerprint density at radius 1 is 1.10 bits per heavy atom. The number of ether oxygens (including phenoxy) is 2. The summed E-state index contributed by atoms with van der Waals surface area (Å²) in [5.41, 5.74) is 1.91. The van der Waals surface area contributed by atoms with Crippen LogP contribution in [0.2, 0.25) is 0 Å². The highest BCUT2D eigenvalue weighted by molar-refractivity contribution is 8.15. The Hall–Kier alpha value is -4.71. The number of hydrogen-bond donors (Lipinski definition) is 2. The topological polar surface area (TPSA) is 118 Å². The van der Waals surface area contributed by atoms with Gasteiger partial charge >= 0.3 is 6.61 Å². The van der Waals surface area contributed by atoms with Crippen LogP contribution >= 0.6 is 11.8 Å². The monoisotopic (exact) mass is 595 g/mol. The molecule has 1 heterocycles. The number of alkyl halides is 2. The third-order valence-electron chi connectivity index (χ3n) is 5.95. The Kier molecular flexibility index (Phi) is 9.58. The number of nitrogens with zero attached hydrogens (tertiary/aromatic N) is 2. The van der Waals surface area contributed by atoms with E-state index in [1.54, 1.807) is 50.2 Å². The van der Waals surface area contributed by atoms with Crippen LogP contribution in [-0.2, 0) is 9.59 Å². The molecule has 0 aromatic heterocycles. The number of rotatable bonds is 10. The van der Waals surface area contributed by atoms with E-state index in [9.17, 15) is 28.3 Å². The van der Waals surface area contributed by atoms with Gasteiger partial charge in [0.1, 0.15) is 11.4 Å². The lowest BCUT2D eigenvalue weighted by Crippen LogP contribution is -2.33. The van der Waals surface area contributed by atoms with Crippen LogP contribution in [0.25, 0.3) is 6.08 Å². The van der Waals surface area contributed by atoms with Crippen molar-refractivity contribution in [1.82, 2.24) is 0 Å². The van der Waals surface area contributed by atoms with Gasteiger partial charge in [-0.15, -0.1) is 0 Å². The van der Waals surface area contributed by atoms with Crippen molar-refractivity contribution < 1.29 is 37.7 Å². The van der Waals surface area contributed by atoms with E-state index in [0.717, 1.165) is 11.8 Å². The molecule has 42 heavy (non-hydrogen) atoms. The van der Waals surface area contributed by atoms with Gasteiger partial charge in [-0.25, -0.2) is 4.99 Å². The highest BCUT2D eigenvalue weighted by Crippen LogP contribution is 2.34. The Labute approximate surface area is 244 Å². The van der Waals surface area contributed by atoms with E-state index in [1.165, 1.54) is 48.2 Å². The molecule has 1 unspecified atom stereocenters. The average Bonchev–Trinajstić information content (AvgIpc) is 3.24. The molecular weight excluding hydrogens is 568 g/mol. The molecule has 218 valence electrons. The van der Waals surface area contributed by atoms with Crippen molar-refractivity contribution in [3.63, 3.8) is 0 Å². The molecule has 0 aliphatic carbocycles. The van der Waals surface area contributed by atoms with Crippen molar-refractivity contribution in [1.29, 1.82) is 0 Å². The second-order valence-electron chi connectivity index (χ2n) is 8.98. The fourth-order valence-electron chi connectivity index (χ4n) is 3.87. The summed E-state index contributed by atoms with van der Waals surface area (Å²) >= 11 is 1.02. The molecular formula is C30H27F2N3O6S. The van der Waals surface area contributed by atoms with Crippen molar-refractivity contribution in [2.45, 2.75) is 32.6 Å². The van der Waals surface area contributed by atoms with E-state index in [2.05, 4.69) is 15.0 Å². The maximum atomic E-state index is 13.6. The smallest absolute Gasteiger partial charge is 0.387 e. The maximum absolute atomic E-state index is 13.6. The van der Waals surface area contributed by atoms with Crippen molar-refractivity contribution >= 4 is 52.0 Å². The molecule has 9 nitrogen and oxygen atoms in total. The van der Waals surface area contributed by atoms with E-state index < -0.39 is 17.8 Å². The first-order valence-corrected chi connectivity index (χ1v) is 13.7. The summed E-state index contributed by atoms with van der Waals surface area (Å²) in [5, 5.41) is 12.3. The second-order valence-corrected chi connectivity index (χ2v) is 10.3. The summed E-state index contributed by atoms with van der Waals surface area (Å²) in [6, 6.07) is 16.5. The van der Waals surface area contributed by atoms with Crippen LogP contribution in [0.5, 0.6) is 17.2 Å². The number of aliphatic imine (C=N–C) groups is 1. The summed E-state index contributed by atoms with van der Waals surface area (Å²) in [7, 11) is 0. The number of benzene rings is 3. The summed E-state index contributed by atoms with van der Waals surface area (Å²) in [5.74, 6) is -0.885. The quantitative estimate of drug-likeness (QED) is 0.215. The van der Waals surface area contributed by atoms with Crippen LogP contribution in [0.15, 0.2) is 77.4 Å². The molecule has 0 saturated heterocycles. The Morgan fingerprint density at radius 2 is 1.79 bits per heavy atom. The lowest BCUT2D eigenvalue weighted by molar-refractivity contribution is -0.115. The van der Waals surface area contributed by atoms with Gasteiger partial charge in [0, 0.05) is 11.3 Å². The molecule has 0 fully saturated rings. The standard InChI is InChI=1S/C30H27F2N3O6S/c1-4-40-26-16-19(5-14-25(26)37)15-24-28(39)35(22-10-12-23(13-11-22)41-29(31)32)30(34-24)42-18(3)27(38)33-21-8-6-20(7-9-21)17(2)36/h5-16,18,29,37H,4H2,1-3H3,(H,33,38)/b24-15-. The number of halogens is 2. The molecule has 1 atom stereocenters. The predicted molar refractivity (Wildman–Crippen MR) is 157 cm³/mol. The molecule has 2 amide bonds. The molecule has 4 rings (SSSR count). The van der Waals surface area contributed by atoms with Crippen molar-refractivity contribution in [3.8, 4) is 17.2 Å². The van der Waals surface area contributed by atoms with Gasteiger partial charge in [-0.05, 0) is 93.1 Å². The lowest BCUT2D eigenvalue weighted by Gasteiger charge is -2.20. The minimum atomic E-state index is -3.00. The Balaban J connectivity index is 1.62. The van der Waals surface area contributed by atoms with E-state index in [4.69, 9.17) is 4.74 Å². The highest BCUT2D eigenvalue weighted by atomic mass is 32.2. The molecule has 1 aliphatic heterocycles. The average molecular weight is 596 g/mol. The minimum absolute atomic E-state index is 0.0472. The zero-order valence-electron chi connectivity index (χ0n) is 22.8. The molecule has 0 bridgehead atoms. The van der Waals surface area contributed by atoms with E-state index in [1.807, 2.05) is 0 Å². The normalized spacial score (nSPS) is 14.6. The van der Waals surface area contributed by atoms with E-state index >= 15 is 0 Å². The molecule has 1 aliphatic rings. The van der Waals surface area contributed by atoms with Crippen molar-refractivity contribution in [3.05, 3.63) is 83.6 Å². The van der Waals surface area contributed by atoms with Gasteiger partial charge < -0.3 is 19.9 Å². The summed E-state index contributed by atoms with van der Waals surface area (Å²) in [6.07, 6.45) is 1.51. The van der Waals surface area contributed by atoms with Gasteiger partial charge in [0.25, 0.3) is 5.91 Å². The van der Waals surface area contributed by atoms with Crippen LogP contribution in [0.3, 0.4) is 0 Å². The molecule has 2 N–H and O–H groups in total. The fraction of sp³-hybridized carbons (Fsp3) is 0.200. The number of aromatic hydroxyl groups is 1. The Bertz CT molecular complexity index is 1540. The first-order valence-electron chi connectivity index (χ1n) is 12.8. The van der Waals surface area contributed by atoms with Gasteiger partial charge in [0.15, 0.2) is 22.4 Å². The number of carbonyl (C=O) groups is 3. The fourth-order valence-corrected chi connectivity index (χ4v) is 4.80. The molecule has 0 spiro atoms. The van der Waals surface area contributed by atoms with Crippen LogP contribution in [0.4, 0.5) is 20.2 Å². The van der Waals surface area contributed by atoms with Crippen LogP contribution in [-0.4, -0.2) is 46.3 Å². The number of amides is 2. The number of hydrogen-bond acceptors (Lipinski definition) is 8. The number of thioether (sulfide) groups is 1. The SMILES string of the molecule is CCOc1cc(/C=C2\N=C(SC(C)C(=O)Nc3ccc(C(C)=O)cc3)N(c3ccc(OC(F)F)cc3)C2=O)ccc1O. The molecule has 0 radical (unpaired) electrons. The number of anilines is 2. The van der Waals surface area contributed by atoms with Crippen LogP contribution in [0, 0.1) is 0 Å². The number of amidine groups is 1. The van der Waals surface area contributed by atoms with E-state index in [-0.39, 0.29) is 39.8 Å². The third kappa shape index (κ3) is 7.32. The summed E-state index contributed by atoms with van der Waals surface area (Å²) in [6.45, 7) is 2.18. The minimum Gasteiger partial charge on any atom is -0.504 e. The van der Waals surface area contributed by atoms with Gasteiger partial charge in [0.2, 0.25) is 5.91 Å².